The minimum Gasteiger partial charge on any atom is -0.493 e. The Morgan fingerprint density at radius 3 is 2.16 bits per heavy atom. The summed E-state index contributed by atoms with van der Waals surface area (Å²) in [7, 11) is 3.02. The van der Waals surface area contributed by atoms with Gasteiger partial charge >= 0.3 is 0 Å². The van der Waals surface area contributed by atoms with Gasteiger partial charge in [-0.3, -0.25) is 9.59 Å². The van der Waals surface area contributed by atoms with Gasteiger partial charge in [-0.25, -0.2) is 0 Å². The van der Waals surface area contributed by atoms with E-state index in [1.54, 1.807) is 18.2 Å². The van der Waals surface area contributed by atoms with E-state index in [0.717, 1.165) is 16.8 Å². The summed E-state index contributed by atoms with van der Waals surface area (Å²) in [6, 6.07) is 10.6. The molecule has 1 amide bonds. The van der Waals surface area contributed by atoms with Crippen LogP contribution < -0.4 is 14.8 Å². The number of hydrogen-bond donors (Lipinski definition) is 1. The van der Waals surface area contributed by atoms with Crippen molar-refractivity contribution in [2.75, 3.05) is 19.5 Å². The smallest absolute Gasteiger partial charge is 0.248 e. The van der Waals surface area contributed by atoms with Crippen molar-refractivity contribution < 1.29 is 19.1 Å². The molecule has 0 aromatic heterocycles. The number of hydrogen-bond acceptors (Lipinski definition) is 4. The van der Waals surface area contributed by atoms with Crippen LogP contribution in [0.3, 0.4) is 0 Å². The third kappa shape index (κ3) is 4.47. The third-order valence-corrected chi connectivity index (χ3v) is 3.78. The van der Waals surface area contributed by atoms with E-state index < -0.39 is 0 Å². The van der Waals surface area contributed by atoms with Crippen LogP contribution in [-0.2, 0) is 4.79 Å². The zero-order chi connectivity index (χ0) is 18.4. The summed E-state index contributed by atoms with van der Waals surface area (Å²) in [5, 5.41) is 2.80. The van der Waals surface area contributed by atoms with Gasteiger partial charge in [0.2, 0.25) is 5.91 Å². The Morgan fingerprint density at radius 1 is 0.920 bits per heavy atom. The second-order valence-electron chi connectivity index (χ2n) is 5.52. The van der Waals surface area contributed by atoms with Gasteiger partial charge in [-0.05, 0) is 49.2 Å². The van der Waals surface area contributed by atoms with Gasteiger partial charge < -0.3 is 14.8 Å². The number of carbonyl (C=O) groups is 2. The quantitative estimate of drug-likeness (QED) is 0.644. The van der Waals surface area contributed by atoms with E-state index in [0.29, 0.717) is 17.1 Å². The largest absolute Gasteiger partial charge is 0.493 e. The van der Waals surface area contributed by atoms with Crippen molar-refractivity contribution >= 4 is 17.4 Å². The first-order valence-electron chi connectivity index (χ1n) is 7.78. The molecule has 2 aromatic carbocycles. The highest BCUT2D eigenvalue weighted by atomic mass is 16.5. The first kappa shape index (κ1) is 18.3. The number of benzene rings is 2. The van der Waals surface area contributed by atoms with E-state index in [9.17, 15) is 9.59 Å². The molecule has 5 heteroatoms. The number of methoxy groups -OCH3 is 2. The number of rotatable bonds is 6. The lowest BCUT2D eigenvalue weighted by Crippen LogP contribution is -2.11. The zero-order valence-electron chi connectivity index (χ0n) is 14.8. The fourth-order valence-corrected chi connectivity index (χ4v) is 2.41. The van der Waals surface area contributed by atoms with Gasteiger partial charge in [0.1, 0.15) is 0 Å². The molecule has 0 bridgehead atoms. The fraction of sp³-hybridized carbons (Fsp3) is 0.200. The van der Waals surface area contributed by atoms with Crippen molar-refractivity contribution in [3.63, 3.8) is 0 Å². The Bertz CT molecular complexity index is 804. The predicted octanol–water partition coefficient (Wildman–Crippen LogP) is 3.70. The van der Waals surface area contributed by atoms with Crippen LogP contribution in [0.25, 0.3) is 0 Å². The fourth-order valence-electron chi connectivity index (χ4n) is 2.41. The average Bonchev–Trinajstić information content (AvgIpc) is 2.62. The summed E-state index contributed by atoms with van der Waals surface area (Å²) < 4.78 is 10.3. The molecule has 0 unspecified atom stereocenters. The molecule has 0 saturated heterocycles. The highest BCUT2D eigenvalue weighted by Gasteiger charge is 2.10. The second kappa shape index (κ2) is 8.15. The minimum atomic E-state index is -0.355. The van der Waals surface area contributed by atoms with Crippen molar-refractivity contribution in [2.24, 2.45) is 0 Å². The predicted molar refractivity (Wildman–Crippen MR) is 97.6 cm³/mol. The molecule has 0 fully saturated rings. The maximum Gasteiger partial charge on any atom is 0.248 e. The molecule has 2 rings (SSSR count). The van der Waals surface area contributed by atoms with Crippen LogP contribution in [0.5, 0.6) is 11.5 Å². The summed E-state index contributed by atoms with van der Waals surface area (Å²) in [5.74, 6) is 0.348. The molecule has 0 aliphatic heterocycles. The van der Waals surface area contributed by atoms with Gasteiger partial charge in [0.25, 0.3) is 0 Å². The van der Waals surface area contributed by atoms with Gasteiger partial charge in [0.05, 0.1) is 14.2 Å². The highest BCUT2D eigenvalue weighted by molar-refractivity contribution is 6.10. The van der Waals surface area contributed by atoms with Crippen LogP contribution in [0.15, 0.2) is 48.6 Å². The van der Waals surface area contributed by atoms with Crippen molar-refractivity contribution in [3.8, 4) is 11.5 Å². The van der Waals surface area contributed by atoms with Crippen molar-refractivity contribution in [2.45, 2.75) is 13.8 Å². The Hall–Kier alpha value is -3.08. The Balaban J connectivity index is 2.11. The lowest BCUT2D eigenvalue weighted by molar-refractivity contribution is -0.111. The molecule has 0 spiro atoms. The topological polar surface area (TPSA) is 64.6 Å². The van der Waals surface area contributed by atoms with Crippen molar-refractivity contribution in [1.82, 2.24) is 0 Å². The van der Waals surface area contributed by atoms with E-state index >= 15 is 0 Å². The summed E-state index contributed by atoms with van der Waals surface area (Å²) in [6.07, 6.45) is 2.47. The van der Waals surface area contributed by atoms with E-state index in [2.05, 4.69) is 5.32 Å². The van der Waals surface area contributed by atoms with Crippen LogP contribution in [0.4, 0.5) is 5.69 Å². The zero-order valence-corrected chi connectivity index (χ0v) is 14.8. The molecule has 0 aliphatic carbocycles. The summed E-state index contributed by atoms with van der Waals surface area (Å²) in [4.78, 5) is 24.3. The molecule has 1 N–H and O–H groups in total. The first-order chi connectivity index (χ1) is 12.0. The van der Waals surface area contributed by atoms with Crippen LogP contribution in [0.1, 0.15) is 21.5 Å². The number of carbonyl (C=O) groups excluding carboxylic acids is 2. The van der Waals surface area contributed by atoms with Crippen molar-refractivity contribution in [3.05, 3.63) is 65.2 Å². The maximum atomic E-state index is 12.2. The molecular weight excluding hydrogens is 318 g/mol. The van der Waals surface area contributed by atoms with E-state index in [1.165, 1.54) is 26.4 Å². The molecule has 25 heavy (non-hydrogen) atoms. The van der Waals surface area contributed by atoms with Gasteiger partial charge in [-0.15, -0.1) is 0 Å². The average molecular weight is 339 g/mol. The second-order valence-corrected chi connectivity index (χ2v) is 5.52. The molecular formula is C20H21NO4. The minimum absolute atomic E-state index is 0.294. The summed E-state index contributed by atoms with van der Waals surface area (Å²) in [5.41, 5.74) is 3.10. The molecule has 0 heterocycles. The molecule has 0 radical (unpaired) electrons. The number of nitrogens with one attached hydrogen (secondary N) is 1. The highest BCUT2D eigenvalue weighted by Crippen LogP contribution is 2.27. The van der Waals surface area contributed by atoms with Gasteiger partial charge in [0.15, 0.2) is 17.3 Å². The lowest BCUT2D eigenvalue weighted by atomic mass is 10.1. The standard InChI is InChI=1S/C20H21NO4/c1-13-6-5-7-14(2)20(13)21-19(23)11-9-16(22)15-8-10-17(24-3)18(12-15)25-4/h5-12H,1-4H3,(H,21,23). The van der Waals surface area contributed by atoms with Gasteiger partial charge in [0, 0.05) is 17.3 Å². The number of amides is 1. The Kier molecular flexibility index (Phi) is 5.95. The van der Waals surface area contributed by atoms with E-state index in [4.69, 9.17) is 9.47 Å². The monoisotopic (exact) mass is 339 g/mol. The molecule has 2 aromatic rings. The number of anilines is 1. The van der Waals surface area contributed by atoms with Gasteiger partial charge in [-0.2, -0.15) is 0 Å². The number of ketones is 1. The lowest BCUT2D eigenvalue weighted by Gasteiger charge is -2.09. The number of ether oxygens (including phenoxy) is 2. The SMILES string of the molecule is COc1ccc(C(=O)C=CC(=O)Nc2c(C)cccc2C)cc1OC. The normalized spacial score (nSPS) is 10.6. The molecule has 130 valence electrons. The Labute approximate surface area is 147 Å². The van der Waals surface area contributed by atoms with E-state index in [1.807, 2.05) is 32.0 Å². The summed E-state index contributed by atoms with van der Waals surface area (Å²) in [6.45, 7) is 3.84. The molecule has 5 nitrogen and oxygen atoms in total. The van der Waals surface area contributed by atoms with Crippen LogP contribution in [0, 0.1) is 13.8 Å². The van der Waals surface area contributed by atoms with E-state index in [-0.39, 0.29) is 11.7 Å². The number of allylic oxidation sites excluding steroid dienone is 1. The summed E-state index contributed by atoms with van der Waals surface area (Å²) >= 11 is 0. The molecule has 0 atom stereocenters. The van der Waals surface area contributed by atoms with Crippen LogP contribution >= 0.6 is 0 Å². The van der Waals surface area contributed by atoms with Crippen LogP contribution in [-0.4, -0.2) is 25.9 Å². The molecule has 0 saturated carbocycles. The van der Waals surface area contributed by atoms with Crippen LogP contribution in [0.2, 0.25) is 0 Å². The van der Waals surface area contributed by atoms with Crippen molar-refractivity contribution in [1.29, 1.82) is 0 Å². The maximum absolute atomic E-state index is 12.2. The number of aryl methyl sites for hydroxylation is 2. The third-order valence-electron chi connectivity index (χ3n) is 3.78. The Morgan fingerprint density at radius 2 is 1.56 bits per heavy atom. The van der Waals surface area contributed by atoms with Gasteiger partial charge in [-0.1, -0.05) is 18.2 Å². The first-order valence-corrected chi connectivity index (χ1v) is 7.78. The number of para-hydroxylation sites is 1. The molecule has 0 aliphatic rings.